The molecule has 0 saturated carbocycles. The molecule has 0 radical (unpaired) electrons. The second kappa shape index (κ2) is 7.62. The van der Waals surface area contributed by atoms with Gasteiger partial charge in [-0.15, -0.1) is 0 Å². The van der Waals surface area contributed by atoms with E-state index in [1.165, 1.54) is 0 Å². The highest BCUT2D eigenvalue weighted by Crippen LogP contribution is 2.38. The fourth-order valence-corrected chi connectivity index (χ4v) is 4.34. The molecule has 0 aliphatic carbocycles. The zero-order chi connectivity index (χ0) is 22.5. The number of benzene rings is 2. The quantitative estimate of drug-likeness (QED) is 0.626. The molecule has 0 spiro atoms. The lowest BCUT2D eigenvalue weighted by Gasteiger charge is -2.18. The Kier molecular flexibility index (Phi) is 4.87. The van der Waals surface area contributed by atoms with Gasteiger partial charge in [0.25, 0.3) is 11.8 Å². The van der Waals surface area contributed by atoms with Crippen LogP contribution in [0.2, 0.25) is 0 Å². The molecule has 0 unspecified atom stereocenters. The van der Waals surface area contributed by atoms with Gasteiger partial charge >= 0.3 is 0 Å². The number of amides is 2. The average Bonchev–Trinajstić information content (AvgIpc) is 3.39. The van der Waals surface area contributed by atoms with E-state index in [0.29, 0.717) is 34.6 Å². The van der Waals surface area contributed by atoms with Gasteiger partial charge in [-0.25, -0.2) is 0 Å². The molecule has 2 amide bonds. The second-order valence-corrected chi connectivity index (χ2v) is 8.46. The molecule has 1 fully saturated rings. The van der Waals surface area contributed by atoms with E-state index in [4.69, 9.17) is 14.2 Å². The van der Waals surface area contributed by atoms with Crippen molar-refractivity contribution < 1.29 is 23.8 Å². The van der Waals surface area contributed by atoms with E-state index in [1.807, 2.05) is 68.1 Å². The SMILES string of the molecule is Cn1cc(C2=C(c3ccccc3OC[C@@H]3COC(C)(C)O3)C(=O)NC2=O)c2ccccc21. The van der Waals surface area contributed by atoms with Crippen molar-refractivity contribution in [3.63, 3.8) is 0 Å². The summed E-state index contributed by atoms with van der Waals surface area (Å²) in [4.78, 5) is 25.8. The van der Waals surface area contributed by atoms with Crippen LogP contribution in [0.3, 0.4) is 0 Å². The van der Waals surface area contributed by atoms with Gasteiger partial charge in [-0.3, -0.25) is 14.9 Å². The zero-order valence-electron chi connectivity index (χ0n) is 18.2. The molecule has 5 rings (SSSR count). The largest absolute Gasteiger partial charge is 0.490 e. The summed E-state index contributed by atoms with van der Waals surface area (Å²) in [6, 6.07) is 15.0. The summed E-state index contributed by atoms with van der Waals surface area (Å²) in [6.07, 6.45) is 1.66. The van der Waals surface area contributed by atoms with Crippen molar-refractivity contribution in [1.29, 1.82) is 0 Å². The minimum absolute atomic E-state index is 0.219. The molecule has 7 heteroatoms. The third-order valence-corrected chi connectivity index (χ3v) is 5.75. The molecule has 3 aromatic rings. The topological polar surface area (TPSA) is 78.8 Å². The smallest absolute Gasteiger partial charge is 0.259 e. The van der Waals surface area contributed by atoms with E-state index in [2.05, 4.69) is 5.32 Å². The number of aryl methyl sites for hydroxylation is 1. The van der Waals surface area contributed by atoms with Crippen molar-refractivity contribution in [3.8, 4) is 5.75 Å². The van der Waals surface area contributed by atoms with Crippen LogP contribution in [0.15, 0.2) is 54.7 Å². The van der Waals surface area contributed by atoms with E-state index < -0.39 is 17.6 Å². The summed E-state index contributed by atoms with van der Waals surface area (Å²) < 4.78 is 19.4. The van der Waals surface area contributed by atoms with Gasteiger partial charge < -0.3 is 18.8 Å². The number of hydrogen-bond donors (Lipinski definition) is 1. The third kappa shape index (κ3) is 3.49. The van der Waals surface area contributed by atoms with Gasteiger partial charge in [0.2, 0.25) is 0 Å². The zero-order valence-corrected chi connectivity index (χ0v) is 18.2. The van der Waals surface area contributed by atoms with Crippen LogP contribution in [0.1, 0.15) is 25.0 Å². The van der Waals surface area contributed by atoms with E-state index >= 15 is 0 Å². The van der Waals surface area contributed by atoms with Crippen molar-refractivity contribution in [3.05, 3.63) is 65.9 Å². The first-order valence-electron chi connectivity index (χ1n) is 10.5. The normalized spacial score (nSPS) is 20.3. The molecule has 1 N–H and O–H groups in total. The predicted octanol–water partition coefficient (Wildman–Crippen LogP) is 3.28. The van der Waals surface area contributed by atoms with Crippen molar-refractivity contribution in [2.45, 2.75) is 25.7 Å². The molecule has 7 nitrogen and oxygen atoms in total. The van der Waals surface area contributed by atoms with Crippen molar-refractivity contribution >= 4 is 33.9 Å². The van der Waals surface area contributed by atoms with E-state index in [1.54, 1.807) is 12.1 Å². The summed E-state index contributed by atoms with van der Waals surface area (Å²) in [5.41, 5.74) is 2.92. The van der Waals surface area contributed by atoms with Crippen LogP contribution in [0.4, 0.5) is 0 Å². The average molecular weight is 432 g/mol. The molecule has 1 atom stereocenters. The highest BCUT2D eigenvalue weighted by molar-refractivity contribution is 6.50. The summed E-state index contributed by atoms with van der Waals surface area (Å²) in [7, 11) is 1.92. The molecule has 164 valence electrons. The van der Waals surface area contributed by atoms with Gasteiger partial charge in [0.1, 0.15) is 18.5 Å². The van der Waals surface area contributed by atoms with Crippen molar-refractivity contribution in [2.24, 2.45) is 7.05 Å². The highest BCUT2D eigenvalue weighted by Gasteiger charge is 2.36. The Morgan fingerprint density at radius 1 is 1.03 bits per heavy atom. The predicted molar refractivity (Wildman–Crippen MR) is 120 cm³/mol. The maximum absolute atomic E-state index is 12.9. The Hall–Kier alpha value is -3.42. The first-order valence-corrected chi connectivity index (χ1v) is 10.5. The molecular formula is C25H24N2O5. The summed E-state index contributed by atoms with van der Waals surface area (Å²) >= 11 is 0. The lowest BCUT2D eigenvalue weighted by atomic mass is 9.95. The number of ether oxygens (including phenoxy) is 3. The molecule has 2 aliphatic rings. The van der Waals surface area contributed by atoms with E-state index in [-0.39, 0.29) is 12.7 Å². The fourth-order valence-electron chi connectivity index (χ4n) is 4.34. The van der Waals surface area contributed by atoms with Gasteiger partial charge in [-0.1, -0.05) is 36.4 Å². The molecule has 3 heterocycles. The van der Waals surface area contributed by atoms with E-state index in [9.17, 15) is 9.59 Å². The van der Waals surface area contributed by atoms with Crippen LogP contribution >= 0.6 is 0 Å². The highest BCUT2D eigenvalue weighted by atomic mass is 16.7. The minimum atomic E-state index is -0.643. The Labute approximate surface area is 185 Å². The monoisotopic (exact) mass is 432 g/mol. The first kappa shape index (κ1) is 20.5. The molecule has 32 heavy (non-hydrogen) atoms. The first-order chi connectivity index (χ1) is 15.3. The maximum Gasteiger partial charge on any atom is 0.259 e. The summed E-state index contributed by atoms with van der Waals surface area (Å²) in [6.45, 7) is 4.42. The summed E-state index contributed by atoms with van der Waals surface area (Å²) in [5.74, 6) is -0.977. The van der Waals surface area contributed by atoms with Gasteiger partial charge in [-0.2, -0.15) is 0 Å². The van der Waals surface area contributed by atoms with Gasteiger partial charge in [0, 0.05) is 35.3 Å². The maximum atomic E-state index is 12.9. The van der Waals surface area contributed by atoms with Crippen LogP contribution in [0, 0.1) is 0 Å². The minimum Gasteiger partial charge on any atom is -0.490 e. The number of hydrogen-bond acceptors (Lipinski definition) is 5. The number of fused-ring (bicyclic) bond motifs is 1. The standard InChI is InChI=1S/C25H24N2O5/c1-25(2)31-14-15(32-25)13-30-20-11-7-5-9-17(20)21-22(24(29)26-23(21)28)18-12-27(3)19-10-6-4-8-16(18)19/h4-12,15H,13-14H2,1-3H3,(H,26,28,29)/t15-/m1/s1. The second-order valence-electron chi connectivity index (χ2n) is 8.46. The van der Waals surface area contributed by atoms with Gasteiger partial charge in [0.05, 0.1) is 17.8 Å². The molecule has 1 aromatic heterocycles. The molecule has 2 aromatic carbocycles. The number of carbonyl (C=O) groups is 2. The van der Waals surface area contributed by atoms with Gasteiger partial charge in [0.15, 0.2) is 5.79 Å². The number of para-hydroxylation sites is 2. The number of rotatable bonds is 5. The lowest BCUT2D eigenvalue weighted by molar-refractivity contribution is -0.141. The Bertz CT molecular complexity index is 1270. The van der Waals surface area contributed by atoms with Gasteiger partial charge in [-0.05, 0) is 26.0 Å². The van der Waals surface area contributed by atoms with Crippen molar-refractivity contribution in [2.75, 3.05) is 13.2 Å². The van der Waals surface area contributed by atoms with E-state index in [0.717, 1.165) is 10.9 Å². The third-order valence-electron chi connectivity index (χ3n) is 5.75. The van der Waals surface area contributed by atoms with Crippen LogP contribution < -0.4 is 10.1 Å². The number of nitrogens with one attached hydrogen (secondary N) is 1. The van der Waals surface area contributed by atoms with Crippen LogP contribution in [0.5, 0.6) is 5.75 Å². The summed E-state index contributed by atoms with van der Waals surface area (Å²) in [5, 5.41) is 3.37. The molecule has 1 saturated heterocycles. The number of nitrogens with zero attached hydrogens (tertiary/aromatic N) is 1. The van der Waals surface area contributed by atoms with Crippen LogP contribution in [-0.2, 0) is 26.1 Å². The number of imide groups is 1. The molecule has 0 bridgehead atoms. The van der Waals surface area contributed by atoms with Crippen LogP contribution in [-0.4, -0.2) is 41.5 Å². The number of carbonyl (C=O) groups excluding carboxylic acids is 2. The molecular weight excluding hydrogens is 408 g/mol. The molecule has 2 aliphatic heterocycles. The van der Waals surface area contributed by atoms with Crippen LogP contribution in [0.25, 0.3) is 22.0 Å². The Morgan fingerprint density at radius 3 is 2.47 bits per heavy atom. The lowest BCUT2D eigenvalue weighted by Crippen LogP contribution is -2.25. The Balaban J connectivity index is 1.57. The number of aromatic nitrogens is 1. The fraction of sp³-hybridized carbons (Fsp3) is 0.280. The van der Waals surface area contributed by atoms with Crippen molar-refractivity contribution in [1.82, 2.24) is 9.88 Å². The Morgan fingerprint density at radius 2 is 1.72 bits per heavy atom.